The Kier molecular flexibility index (Phi) is 5.94. The number of rotatable bonds is 6. The number of nitrogens with zero attached hydrogens (tertiary/aromatic N) is 3. The highest BCUT2D eigenvalue weighted by atomic mass is 19.4. The van der Waals surface area contributed by atoms with E-state index in [2.05, 4.69) is 5.10 Å². The molecule has 160 valence electrons. The standard InChI is InChI=1S/C21H22F3N3O3/c22-21(23,24)16-10-15(20-3-1-2-17-4-5-25-27(17)20)11-19(12-16)30-14-18(28)13-26-6-8-29-9-7-26/h1-5,10-12,18,28H,6-9,13-14H2. The fourth-order valence-corrected chi connectivity index (χ4v) is 3.49. The van der Waals surface area contributed by atoms with Gasteiger partial charge in [0.2, 0.25) is 0 Å². The molecular weight excluding hydrogens is 399 g/mol. The second-order valence-corrected chi connectivity index (χ2v) is 7.20. The maximum atomic E-state index is 13.5. The molecule has 0 amide bonds. The van der Waals surface area contributed by atoms with Gasteiger partial charge in [0, 0.05) is 25.2 Å². The number of aromatic nitrogens is 2. The van der Waals surface area contributed by atoms with Crippen molar-refractivity contribution in [1.82, 2.24) is 14.5 Å². The third kappa shape index (κ3) is 4.75. The summed E-state index contributed by atoms with van der Waals surface area (Å²) in [6.07, 6.45) is -3.76. The molecule has 1 saturated heterocycles. The van der Waals surface area contributed by atoms with Crippen molar-refractivity contribution in [2.24, 2.45) is 0 Å². The summed E-state index contributed by atoms with van der Waals surface area (Å²) in [5, 5.41) is 14.4. The molecule has 0 bridgehead atoms. The summed E-state index contributed by atoms with van der Waals surface area (Å²) in [5.41, 5.74) is 0.800. The summed E-state index contributed by atoms with van der Waals surface area (Å²) in [7, 11) is 0. The van der Waals surface area contributed by atoms with E-state index in [0.29, 0.717) is 44.1 Å². The smallest absolute Gasteiger partial charge is 0.416 e. The van der Waals surface area contributed by atoms with Gasteiger partial charge >= 0.3 is 6.18 Å². The highest BCUT2D eigenvalue weighted by Gasteiger charge is 2.32. The number of morpholine rings is 1. The van der Waals surface area contributed by atoms with Crippen molar-refractivity contribution >= 4 is 5.52 Å². The van der Waals surface area contributed by atoms with E-state index < -0.39 is 17.8 Å². The van der Waals surface area contributed by atoms with Crippen molar-refractivity contribution in [3.63, 3.8) is 0 Å². The second kappa shape index (κ2) is 8.63. The Morgan fingerprint density at radius 3 is 2.70 bits per heavy atom. The van der Waals surface area contributed by atoms with Crippen LogP contribution in [-0.2, 0) is 10.9 Å². The van der Waals surface area contributed by atoms with Gasteiger partial charge in [0.1, 0.15) is 18.5 Å². The molecule has 3 heterocycles. The highest BCUT2D eigenvalue weighted by Crippen LogP contribution is 2.35. The van der Waals surface area contributed by atoms with Crippen molar-refractivity contribution in [3.8, 4) is 17.0 Å². The van der Waals surface area contributed by atoms with E-state index in [-0.39, 0.29) is 12.4 Å². The first-order chi connectivity index (χ1) is 14.4. The average Bonchev–Trinajstić information content (AvgIpc) is 3.21. The molecule has 1 unspecified atom stereocenters. The molecule has 1 fully saturated rings. The maximum Gasteiger partial charge on any atom is 0.416 e. The van der Waals surface area contributed by atoms with Gasteiger partial charge in [-0.25, -0.2) is 4.52 Å². The molecule has 0 radical (unpaired) electrons. The van der Waals surface area contributed by atoms with E-state index >= 15 is 0 Å². The molecule has 6 nitrogen and oxygen atoms in total. The summed E-state index contributed by atoms with van der Waals surface area (Å²) in [5.74, 6) is 0.0463. The van der Waals surface area contributed by atoms with Crippen LogP contribution < -0.4 is 4.74 Å². The van der Waals surface area contributed by atoms with Crippen LogP contribution in [0.2, 0.25) is 0 Å². The van der Waals surface area contributed by atoms with E-state index in [1.807, 2.05) is 11.0 Å². The van der Waals surface area contributed by atoms with Gasteiger partial charge in [0.15, 0.2) is 0 Å². The number of hydrogen-bond donors (Lipinski definition) is 1. The van der Waals surface area contributed by atoms with Crippen LogP contribution in [0.3, 0.4) is 0 Å². The van der Waals surface area contributed by atoms with E-state index in [4.69, 9.17) is 9.47 Å². The Bertz CT molecular complexity index is 1000. The number of halogens is 3. The quantitative estimate of drug-likeness (QED) is 0.663. The van der Waals surface area contributed by atoms with Crippen molar-refractivity contribution in [1.29, 1.82) is 0 Å². The van der Waals surface area contributed by atoms with E-state index in [1.54, 1.807) is 28.9 Å². The van der Waals surface area contributed by atoms with Gasteiger partial charge in [-0.15, -0.1) is 0 Å². The molecule has 30 heavy (non-hydrogen) atoms. The van der Waals surface area contributed by atoms with Crippen LogP contribution in [0, 0.1) is 0 Å². The Hall–Kier alpha value is -2.62. The van der Waals surface area contributed by atoms with Crippen LogP contribution in [0.4, 0.5) is 13.2 Å². The number of hydrogen-bond acceptors (Lipinski definition) is 5. The Labute approximate surface area is 171 Å². The lowest BCUT2D eigenvalue weighted by Gasteiger charge is -2.28. The summed E-state index contributed by atoms with van der Waals surface area (Å²) in [4.78, 5) is 2.04. The molecule has 1 aliphatic rings. The number of fused-ring (bicyclic) bond motifs is 1. The average molecular weight is 421 g/mol. The molecule has 1 aromatic carbocycles. The third-order valence-corrected chi connectivity index (χ3v) is 4.97. The lowest BCUT2D eigenvalue weighted by molar-refractivity contribution is -0.137. The Morgan fingerprint density at radius 1 is 1.13 bits per heavy atom. The lowest BCUT2D eigenvalue weighted by Crippen LogP contribution is -2.42. The molecule has 0 aliphatic carbocycles. The zero-order valence-electron chi connectivity index (χ0n) is 16.2. The fraction of sp³-hybridized carbons (Fsp3) is 0.381. The van der Waals surface area contributed by atoms with Gasteiger partial charge in [-0.1, -0.05) is 6.07 Å². The van der Waals surface area contributed by atoms with Crippen LogP contribution in [0.25, 0.3) is 16.8 Å². The van der Waals surface area contributed by atoms with Gasteiger partial charge < -0.3 is 14.6 Å². The zero-order valence-corrected chi connectivity index (χ0v) is 16.2. The summed E-state index contributed by atoms with van der Waals surface area (Å²) >= 11 is 0. The Balaban J connectivity index is 1.57. The topological polar surface area (TPSA) is 59.2 Å². The molecule has 1 aliphatic heterocycles. The fourth-order valence-electron chi connectivity index (χ4n) is 3.49. The van der Waals surface area contributed by atoms with E-state index in [0.717, 1.165) is 17.6 Å². The molecule has 0 saturated carbocycles. The van der Waals surface area contributed by atoms with Crippen molar-refractivity contribution in [3.05, 3.63) is 54.2 Å². The highest BCUT2D eigenvalue weighted by molar-refractivity contribution is 5.67. The number of benzene rings is 1. The molecular formula is C21H22F3N3O3. The van der Waals surface area contributed by atoms with Gasteiger partial charge in [-0.2, -0.15) is 18.3 Å². The van der Waals surface area contributed by atoms with Crippen molar-refractivity contribution < 1.29 is 27.8 Å². The van der Waals surface area contributed by atoms with E-state index in [9.17, 15) is 18.3 Å². The molecule has 4 rings (SSSR count). The van der Waals surface area contributed by atoms with Gasteiger partial charge in [-0.05, 0) is 36.4 Å². The molecule has 0 spiro atoms. The molecule has 9 heteroatoms. The minimum absolute atomic E-state index is 0.0463. The minimum Gasteiger partial charge on any atom is -0.491 e. The predicted molar refractivity (Wildman–Crippen MR) is 104 cm³/mol. The first-order valence-corrected chi connectivity index (χ1v) is 9.66. The first kappa shape index (κ1) is 20.6. The van der Waals surface area contributed by atoms with Gasteiger partial charge in [0.25, 0.3) is 0 Å². The molecule has 1 atom stereocenters. The number of ether oxygens (including phenoxy) is 2. The number of aliphatic hydroxyl groups is 1. The van der Waals surface area contributed by atoms with Crippen LogP contribution >= 0.6 is 0 Å². The molecule has 2 aromatic heterocycles. The summed E-state index contributed by atoms with van der Waals surface area (Å²) in [6.45, 7) is 2.89. The molecule has 3 aromatic rings. The number of pyridine rings is 1. The normalized spacial score (nSPS) is 16.7. The number of β-amino-alcohol motifs (C(OH)–C–C–N with tert-alkyl or cyclic N) is 1. The van der Waals surface area contributed by atoms with Crippen molar-refractivity contribution in [2.45, 2.75) is 12.3 Å². The predicted octanol–water partition coefficient (Wildman–Crippen LogP) is 3.09. The monoisotopic (exact) mass is 421 g/mol. The SMILES string of the molecule is OC(COc1cc(-c2cccc3ccnn23)cc(C(F)(F)F)c1)CN1CCOCC1. The van der Waals surface area contributed by atoms with E-state index in [1.165, 1.54) is 6.07 Å². The van der Waals surface area contributed by atoms with Gasteiger partial charge in [0.05, 0.1) is 36.2 Å². The zero-order chi connectivity index (χ0) is 21.1. The number of aliphatic hydroxyl groups excluding tert-OH is 1. The van der Waals surface area contributed by atoms with Crippen LogP contribution in [-0.4, -0.2) is 65.2 Å². The summed E-state index contributed by atoms with van der Waals surface area (Å²) in [6, 6.07) is 10.6. The summed E-state index contributed by atoms with van der Waals surface area (Å²) < 4.78 is 52.8. The van der Waals surface area contributed by atoms with Crippen molar-refractivity contribution in [2.75, 3.05) is 39.5 Å². The third-order valence-electron chi connectivity index (χ3n) is 4.97. The lowest BCUT2D eigenvalue weighted by atomic mass is 10.1. The largest absolute Gasteiger partial charge is 0.491 e. The number of alkyl halides is 3. The molecule has 1 N–H and O–H groups in total. The first-order valence-electron chi connectivity index (χ1n) is 9.66. The van der Waals surface area contributed by atoms with Crippen LogP contribution in [0.15, 0.2) is 48.7 Å². The second-order valence-electron chi connectivity index (χ2n) is 7.20. The Morgan fingerprint density at radius 2 is 1.93 bits per heavy atom. The minimum atomic E-state index is -4.53. The maximum absolute atomic E-state index is 13.5. The van der Waals surface area contributed by atoms with Gasteiger partial charge in [-0.3, -0.25) is 4.90 Å². The van der Waals surface area contributed by atoms with Crippen LogP contribution in [0.5, 0.6) is 5.75 Å². The van der Waals surface area contributed by atoms with Crippen LogP contribution in [0.1, 0.15) is 5.56 Å².